The van der Waals surface area contributed by atoms with Gasteiger partial charge in [0, 0.05) is 25.8 Å². The van der Waals surface area contributed by atoms with Gasteiger partial charge in [0.05, 0.1) is 11.6 Å². The molecule has 0 saturated carbocycles. The molecule has 0 radical (unpaired) electrons. The molecule has 1 amide bonds. The Morgan fingerprint density at radius 3 is 2.41 bits per heavy atom. The highest BCUT2D eigenvalue weighted by atomic mass is 16.5. The third kappa shape index (κ3) is 3.96. The Morgan fingerprint density at radius 2 is 1.76 bits per heavy atom. The van der Waals surface area contributed by atoms with Crippen LogP contribution in [0.2, 0.25) is 0 Å². The van der Waals surface area contributed by atoms with Crippen molar-refractivity contribution in [3.63, 3.8) is 0 Å². The highest BCUT2D eigenvalue weighted by Gasteiger charge is 2.46. The zero-order chi connectivity index (χ0) is 21.1. The molecule has 2 aromatic rings. The third-order valence-corrected chi connectivity index (χ3v) is 5.55. The van der Waals surface area contributed by atoms with Gasteiger partial charge in [-0.25, -0.2) is 0 Å². The minimum Gasteiger partial charge on any atom is -0.507 e. The Kier molecular flexibility index (Phi) is 6.18. The van der Waals surface area contributed by atoms with Gasteiger partial charge in [0.25, 0.3) is 11.7 Å². The second-order valence-electron chi connectivity index (χ2n) is 7.49. The van der Waals surface area contributed by atoms with Gasteiger partial charge in [-0.2, -0.15) is 0 Å². The Labute approximate surface area is 171 Å². The van der Waals surface area contributed by atoms with Crippen LogP contribution in [0.4, 0.5) is 0 Å². The smallest absolute Gasteiger partial charge is 0.295 e. The number of carbonyl (C=O) groups is 2. The monoisotopic (exact) mass is 393 g/mol. The number of Topliss-reactive ketones (excluding diaryl/α,β-unsaturated/α-hetero) is 1. The average molecular weight is 393 g/mol. The van der Waals surface area contributed by atoms with Crippen LogP contribution in [0.3, 0.4) is 0 Å². The molecule has 3 rings (SSSR count). The number of aliphatic hydroxyl groups excluding tert-OH is 1. The van der Waals surface area contributed by atoms with Crippen molar-refractivity contribution in [3.05, 3.63) is 75.9 Å². The van der Waals surface area contributed by atoms with Crippen LogP contribution in [-0.2, 0) is 14.3 Å². The lowest BCUT2D eigenvalue weighted by Crippen LogP contribution is -2.31. The van der Waals surface area contributed by atoms with Crippen LogP contribution in [0.5, 0.6) is 0 Å². The number of rotatable bonds is 6. The molecule has 0 spiro atoms. The van der Waals surface area contributed by atoms with Crippen molar-refractivity contribution in [2.24, 2.45) is 0 Å². The predicted octanol–water partition coefficient (Wildman–Crippen LogP) is 4.07. The quantitative estimate of drug-likeness (QED) is 0.348. The molecular formula is C24H27NO4. The van der Waals surface area contributed by atoms with Crippen LogP contribution >= 0.6 is 0 Å². The summed E-state index contributed by atoms with van der Waals surface area (Å²) in [5.74, 6) is -1.36. The number of aryl methyl sites for hydroxylation is 3. The topological polar surface area (TPSA) is 66.8 Å². The number of likely N-dealkylation sites (tertiary alicyclic amines) is 1. The van der Waals surface area contributed by atoms with Crippen LogP contribution in [0.15, 0.2) is 48.0 Å². The van der Waals surface area contributed by atoms with Crippen LogP contribution in [0.25, 0.3) is 5.76 Å². The van der Waals surface area contributed by atoms with Gasteiger partial charge in [0.15, 0.2) is 0 Å². The van der Waals surface area contributed by atoms with Gasteiger partial charge < -0.3 is 14.7 Å². The summed E-state index contributed by atoms with van der Waals surface area (Å²) in [6.07, 6.45) is 0.607. The lowest BCUT2D eigenvalue weighted by molar-refractivity contribution is -0.140. The highest BCUT2D eigenvalue weighted by molar-refractivity contribution is 6.46. The summed E-state index contributed by atoms with van der Waals surface area (Å²) in [7, 11) is 1.60. The second kappa shape index (κ2) is 8.62. The maximum absolute atomic E-state index is 13.0. The fourth-order valence-corrected chi connectivity index (χ4v) is 3.75. The van der Waals surface area contributed by atoms with Crippen molar-refractivity contribution in [2.75, 3.05) is 20.3 Å². The number of ether oxygens (including phenoxy) is 1. The van der Waals surface area contributed by atoms with E-state index < -0.39 is 17.7 Å². The van der Waals surface area contributed by atoms with E-state index in [0.29, 0.717) is 25.1 Å². The molecule has 1 aliphatic heterocycles. The van der Waals surface area contributed by atoms with Gasteiger partial charge in [0.2, 0.25) is 0 Å². The number of amides is 1. The third-order valence-electron chi connectivity index (χ3n) is 5.55. The number of hydrogen-bond donors (Lipinski definition) is 1. The molecule has 1 atom stereocenters. The Morgan fingerprint density at radius 1 is 1.03 bits per heavy atom. The fraction of sp³-hybridized carbons (Fsp3) is 0.333. The predicted molar refractivity (Wildman–Crippen MR) is 113 cm³/mol. The first-order valence-electron chi connectivity index (χ1n) is 9.77. The van der Waals surface area contributed by atoms with Crippen molar-refractivity contribution in [2.45, 2.75) is 33.2 Å². The van der Waals surface area contributed by atoms with Crippen LogP contribution in [-0.4, -0.2) is 42.0 Å². The van der Waals surface area contributed by atoms with E-state index in [1.165, 1.54) is 0 Å². The van der Waals surface area contributed by atoms with E-state index >= 15 is 0 Å². The van der Waals surface area contributed by atoms with E-state index in [2.05, 4.69) is 0 Å². The lowest BCUT2D eigenvalue weighted by atomic mass is 9.92. The van der Waals surface area contributed by atoms with Gasteiger partial charge in [-0.3, -0.25) is 9.59 Å². The molecule has 1 aliphatic rings. The van der Waals surface area contributed by atoms with Crippen molar-refractivity contribution >= 4 is 17.4 Å². The van der Waals surface area contributed by atoms with Gasteiger partial charge >= 0.3 is 0 Å². The van der Waals surface area contributed by atoms with Gasteiger partial charge in [-0.1, -0.05) is 36.4 Å². The summed E-state index contributed by atoms with van der Waals surface area (Å²) < 4.78 is 5.11. The van der Waals surface area contributed by atoms with Crippen LogP contribution < -0.4 is 0 Å². The molecular weight excluding hydrogens is 366 g/mol. The highest BCUT2D eigenvalue weighted by Crippen LogP contribution is 2.40. The second-order valence-corrected chi connectivity index (χ2v) is 7.49. The zero-order valence-electron chi connectivity index (χ0n) is 17.4. The normalized spacial score (nSPS) is 18.5. The van der Waals surface area contributed by atoms with Crippen molar-refractivity contribution < 1.29 is 19.4 Å². The molecule has 1 heterocycles. The summed E-state index contributed by atoms with van der Waals surface area (Å²) >= 11 is 0. The molecule has 0 aromatic heterocycles. The summed E-state index contributed by atoms with van der Waals surface area (Å²) in [5, 5.41) is 11.1. The maximum Gasteiger partial charge on any atom is 0.295 e. The minimum atomic E-state index is -0.647. The summed E-state index contributed by atoms with van der Waals surface area (Å²) in [6, 6.07) is 12.6. The molecule has 5 heteroatoms. The summed E-state index contributed by atoms with van der Waals surface area (Å²) in [6.45, 7) is 6.75. The largest absolute Gasteiger partial charge is 0.507 e. The molecule has 152 valence electrons. The van der Waals surface area contributed by atoms with Crippen LogP contribution in [0.1, 0.15) is 40.3 Å². The van der Waals surface area contributed by atoms with E-state index in [4.69, 9.17) is 4.74 Å². The number of carbonyl (C=O) groups excluding carboxylic acids is 2. The van der Waals surface area contributed by atoms with E-state index in [-0.39, 0.29) is 11.3 Å². The van der Waals surface area contributed by atoms with E-state index in [0.717, 1.165) is 22.3 Å². The molecule has 5 nitrogen and oxygen atoms in total. The van der Waals surface area contributed by atoms with Crippen molar-refractivity contribution in [1.82, 2.24) is 4.90 Å². The number of aliphatic hydroxyl groups is 1. The number of ketones is 1. The molecule has 0 bridgehead atoms. The first kappa shape index (κ1) is 20.8. The molecule has 1 saturated heterocycles. The number of benzene rings is 2. The fourth-order valence-electron chi connectivity index (χ4n) is 3.75. The average Bonchev–Trinajstić information content (AvgIpc) is 2.95. The lowest BCUT2D eigenvalue weighted by Gasteiger charge is -2.26. The first-order chi connectivity index (χ1) is 13.9. The first-order valence-corrected chi connectivity index (χ1v) is 9.77. The number of methoxy groups -OCH3 is 1. The van der Waals surface area contributed by atoms with E-state index in [1.54, 1.807) is 18.1 Å². The van der Waals surface area contributed by atoms with E-state index in [9.17, 15) is 14.7 Å². The van der Waals surface area contributed by atoms with Gasteiger partial charge in [0.1, 0.15) is 5.76 Å². The van der Waals surface area contributed by atoms with Crippen molar-refractivity contribution in [1.29, 1.82) is 0 Å². The molecule has 1 fully saturated rings. The maximum atomic E-state index is 13.0. The summed E-state index contributed by atoms with van der Waals surface area (Å²) in [5.41, 5.74) is 4.59. The SMILES string of the molecule is COCCCN1C(=O)C(=O)/C(=C(/O)c2ccc(C)c(C)c2)C1c1ccccc1C. The number of nitrogens with zero attached hydrogens (tertiary/aromatic N) is 1. The molecule has 1 unspecified atom stereocenters. The molecule has 29 heavy (non-hydrogen) atoms. The Balaban J connectivity index is 2.16. The summed E-state index contributed by atoms with van der Waals surface area (Å²) in [4.78, 5) is 27.4. The molecule has 2 aromatic carbocycles. The zero-order valence-corrected chi connectivity index (χ0v) is 17.4. The Hall–Kier alpha value is -2.92. The van der Waals surface area contributed by atoms with Crippen LogP contribution in [0, 0.1) is 20.8 Å². The van der Waals surface area contributed by atoms with Gasteiger partial charge in [-0.15, -0.1) is 0 Å². The Bertz CT molecular complexity index is 977. The molecule has 0 aliphatic carbocycles. The minimum absolute atomic E-state index is 0.131. The standard InChI is InChI=1S/C24H27NO4/c1-15-10-11-18(14-17(15)3)22(26)20-21(19-9-6-5-8-16(19)2)25(12-7-13-29-4)24(28)23(20)27/h5-6,8-11,14,21,26H,7,12-13H2,1-4H3/b22-20+. The number of hydrogen-bond acceptors (Lipinski definition) is 4. The van der Waals surface area contributed by atoms with Gasteiger partial charge in [-0.05, 0) is 55.5 Å². The van der Waals surface area contributed by atoms with E-state index in [1.807, 2.05) is 57.2 Å². The molecule has 1 N–H and O–H groups in total. The van der Waals surface area contributed by atoms with Crippen molar-refractivity contribution in [3.8, 4) is 0 Å².